The molecule has 0 aliphatic carbocycles. The quantitative estimate of drug-likeness (QED) is 0.906. The van der Waals surface area contributed by atoms with E-state index in [1.54, 1.807) is 7.05 Å². The van der Waals surface area contributed by atoms with Gasteiger partial charge in [-0.2, -0.15) is 0 Å². The van der Waals surface area contributed by atoms with Crippen molar-refractivity contribution in [2.45, 2.75) is 50.1 Å². The molecule has 0 spiro atoms. The van der Waals surface area contributed by atoms with Crippen molar-refractivity contribution in [1.82, 2.24) is 9.47 Å². The Morgan fingerprint density at radius 2 is 2.10 bits per heavy atom. The van der Waals surface area contributed by atoms with Gasteiger partial charge in [-0.3, -0.25) is 4.79 Å². The number of likely N-dealkylation sites (tertiary alicyclic amines) is 1. The number of amides is 1. The average Bonchev–Trinajstić information content (AvgIpc) is 2.91. The Labute approximate surface area is 119 Å². The largest absolute Gasteiger partial charge is 0.345 e. The Kier molecular flexibility index (Phi) is 3.93. The molecule has 1 saturated heterocycles. The highest BCUT2D eigenvalue weighted by Crippen LogP contribution is 2.28. The van der Waals surface area contributed by atoms with Gasteiger partial charge in [0.25, 0.3) is 5.91 Å². The fourth-order valence-electron chi connectivity index (χ4n) is 2.87. The second-order valence-corrected chi connectivity index (χ2v) is 6.98. The van der Waals surface area contributed by atoms with Crippen LogP contribution >= 0.6 is 0 Å². The third-order valence-electron chi connectivity index (χ3n) is 4.02. The van der Waals surface area contributed by atoms with Crippen molar-refractivity contribution in [1.29, 1.82) is 0 Å². The molecule has 1 amide bonds. The average molecular weight is 299 g/mol. The number of nitrogens with two attached hydrogens (primary N) is 1. The van der Waals surface area contributed by atoms with E-state index in [1.165, 1.54) is 16.8 Å². The van der Waals surface area contributed by atoms with Crippen molar-refractivity contribution in [3.05, 3.63) is 18.0 Å². The van der Waals surface area contributed by atoms with Crippen molar-refractivity contribution in [2.24, 2.45) is 12.2 Å². The van der Waals surface area contributed by atoms with Gasteiger partial charge in [0.05, 0.1) is 0 Å². The van der Waals surface area contributed by atoms with Crippen molar-refractivity contribution in [3.63, 3.8) is 0 Å². The summed E-state index contributed by atoms with van der Waals surface area (Å²) in [5, 5.41) is 5.11. The molecule has 0 saturated carbocycles. The first-order valence-electron chi connectivity index (χ1n) is 6.77. The Morgan fingerprint density at radius 3 is 2.60 bits per heavy atom. The number of rotatable bonds is 3. The first-order valence-corrected chi connectivity index (χ1v) is 8.32. The van der Waals surface area contributed by atoms with Gasteiger partial charge in [0.15, 0.2) is 0 Å². The molecule has 20 heavy (non-hydrogen) atoms. The first kappa shape index (κ1) is 15.1. The van der Waals surface area contributed by atoms with Crippen molar-refractivity contribution >= 4 is 15.9 Å². The molecule has 1 aliphatic heterocycles. The SMILES string of the molecule is CCC1CCC(C)N1C(=O)c1cc(S(N)(=O)=O)cn1C. The molecular weight excluding hydrogens is 278 g/mol. The number of primary sulfonamides is 1. The van der Waals surface area contributed by atoms with E-state index < -0.39 is 10.0 Å². The van der Waals surface area contributed by atoms with E-state index >= 15 is 0 Å². The lowest BCUT2D eigenvalue weighted by Gasteiger charge is -2.28. The van der Waals surface area contributed by atoms with Crippen LogP contribution in [0.25, 0.3) is 0 Å². The van der Waals surface area contributed by atoms with Crippen LogP contribution in [-0.4, -0.2) is 35.9 Å². The predicted octanol–water partition coefficient (Wildman–Crippen LogP) is 1.08. The van der Waals surface area contributed by atoms with E-state index in [0.717, 1.165) is 19.3 Å². The maximum absolute atomic E-state index is 12.7. The van der Waals surface area contributed by atoms with Crippen LogP contribution in [0.1, 0.15) is 43.6 Å². The van der Waals surface area contributed by atoms with E-state index in [9.17, 15) is 13.2 Å². The number of carbonyl (C=O) groups excluding carboxylic acids is 1. The molecule has 1 aliphatic rings. The number of hydrogen-bond donors (Lipinski definition) is 1. The zero-order valence-electron chi connectivity index (χ0n) is 12.0. The summed E-state index contributed by atoms with van der Waals surface area (Å²) in [6, 6.07) is 1.76. The summed E-state index contributed by atoms with van der Waals surface area (Å²) in [6.45, 7) is 4.08. The number of carbonyl (C=O) groups is 1. The summed E-state index contributed by atoms with van der Waals surface area (Å²) in [7, 11) is -2.13. The summed E-state index contributed by atoms with van der Waals surface area (Å²) in [5.41, 5.74) is 0.362. The molecule has 2 N–H and O–H groups in total. The molecule has 2 unspecified atom stereocenters. The number of nitrogens with zero attached hydrogens (tertiary/aromatic N) is 2. The zero-order valence-corrected chi connectivity index (χ0v) is 12.9. The number of aryl methyl sites for hydroxylation is 1. The maximum atomic E-state index is 12.7. The molecule has 6 nitrogen and oxygen atoms in total. The summed E-state index contributed by atoms with van der Waals surface area (Å²) < 4.78 is 24.3. The van der Waals surface area contributed by atoms with Gasteiger partial charge in [-0.1, -0.05) is 6.92 Å². The van der Waals surface area contributed by atoms with Gasteiger partial charge in [-0.05, 0) is 32.3 Å². The molecule has 2 atom stereocenters. The van der Waals surface area contributed by atoms with Gasteiger partial charge in [0.2, 0.25) is 10.0 Å². The number of hydrogen-bond acceptors (Lipinski definition) is 3. The van der Waals surface area contributed by atoms with E-state index in [4.69, 9.17) is 5.14 Å². The van der Waals surface area contributed by atoms with Crippen molar-refractivity contribution in [3.8, 4) is 0 Å². The molecule has 0 aromatic carbocycles. The minimum absolute atomic E-state index is 0.0248. The molecule has 112 valence electrons. The minimum Gasteiger partial charge on any atom is -0.345 e. The highest BCUT2D eigenvalue weighted by molar-refractivity contribution is 7.89. The molecule has 0 bridgehead atoms. The summed E-state index contributed by atoms with van der Waals surface area (Å²) in [6.07, 6.45) is 4.26. The van der Waals surface area contributed by atoms with Gasteiger partial charge in [-0.15, -0.1) is 0 Å². The van der Waals surface area contributed by atoms with Crippen LogP contribution in [-0.2, 0) is 17.1 Å². The standard InChI is InChI=1S/C13H21N3O3S/c1-4-10-6-5-9(2)16(10)13(17)12-7-11(8-15(12)3)20(14,18)19/h7-10H,4-6H2,1-3H3,(H2,14,18,19). The first-order chi connectivity index (χ1) is 9.25. The number of sulfonamides is 1. The molecule has 2 heterocycles. The maximum Gasteiger partial charge on any atom is 0.270 e. The van der Waals surface area contributed by atoms with Crippen LogP contribution in [0.5, 0.6) is 0 Å². The Hall–Kier alpha value is -1.34. The van der Waals surface area contributed by atoms with Crippen LogP contribution in [0.2, 0.25) is 0 Å². The second kappa shape index (κ2) is 5.21. The molecular formula is C13H21N3O3S. The molecule has 0 radical (unpaired) electrons. The molecule has 1 aromatic rings. The topological polar surface area (TPSA) is 85.4 Å². The zero-order chi connectivity index (χ0) is 15.1. The fraction of sp³-hybridized carbons (Fsp3) is 0.615. The highest BCUT2D eigenvalue weighted by Gasteiger charge is 2.35. The van der Waals surface area contributed by atoms with Crippen LogP contribution in [0, 0.1) is 0 Å². The Morgan fingerprint density at radius 1 is 1.45 bits per heavy atom. The third-order valence-corrected chi connectivity index (χ3v) is 4.90. The lowest BCUT2D eigenvalue weighted by atomic mass is 10.1. The van der Waals surface area contributed by atoms with Gasteiger partial charge in [0.1, 0.15) is 10.6 Å². The molecule has 1 fully saturated rings. The second-order valence-electron chi connectivity index (χ2n) is 5.42. The number of aromatic nitrogens is 1. The van der Waals surface area contributed by atoms with Crippen LogP contribution in [0.15, 0.2) is 17.2 Å². The van der Waals surface area contributed by atoms with E-state index in [2.05, 4.69) is 6.92 Å². The Balaban J connectivity index is 2.36. The molecule has 1 aromatic heterocycles. The van der Waals surface area contributed by atoms with Crippen LogP contribution < -0.4 is 5.14 Å². The Bertz CT molecular complexity index is 621. The lowest BCUT2D eigenvalue weighted by molar-refractivity contribution is 0.0666. The summed E-state index contributed by atoms with van der Waals surface area (Å²) in [4.78, 5) is 14.5. The summed E-state index contributed by atoms with van der Waals surface area (Å²) >= 11 is 0. The van der Waals surface area contributed by atoms with Gasteiger partial charge in [0, 0.05) is 25.3 Å². The lowest BCUT2D eigenvalue weighted by Crippen LogP contribution is -2.40. The third kappa shape index (κ3) is 2.60. The smallest absolute Gasteiger partial charge is 0.270 e. The minimum atomic E-state index is -3.79. The summed E-state index contributed by atoms with van der Waals surface area (Å²) in [5.74, 6) is -0.126. The van der Waals surface area contributed by atoms with Crippen LogP contribution in [0.4, 0.5) is 0 Å². The molecule has 2 rings (SSSR count). The molecule has 7 heteroatoms. The highest BCUT2D eigenvalue weighted by atomic mass is 32.2. The van der Waals surface area contributed by atoms with E-state index in [1.807, 2.05) is 11.8 Å². The monoisotopic (exact) mass is 299 g/mol. The van der Waals surface area contributed by atoms with Gasteiger partial charge < -0.3 is 9.47 Å². The van der Waals surface area contributed by atoms with Crippen LogP contribution in [0.3, 0.4) is 0 Å². The van der Waals surface area contributed by atoms with E-state index in [-0.39, 0.29) is 22.9 Å². The normalized spacial score (nSPS) is 23.3. The van der Waals surface area contributed by atoms with Crippen molar-refractivity contribution < 1.29 is 13.2 Å². The van der Waals surface area contributed by atoms with Gasteiger partial charge in [-0.25, -0.2) is 13.6 Å². The van der Waals surface area contributed by atoms with Gasteiger partial charge >= 0.3 is 0 Å². The predicted molar refractivity (Wildman–Crippen MR) is 75.7 cm³/mol. The fourth-order valence-corrected chi connectivity index (χ4v) is 3.45. The van der Waals surface area contributed by atoms with E-state index in [0.29, 0.717) is 5.69 Å². The van der Waals surface area contributed by atoms with Crippen molar-refractivity contribution in [2.75, 3.05) is 0 Å².